The molecule has 2 aliphatic rings. The van der Waals surface area contributed by atoms with Gasteiger partial charge in [-0.2, -0.15) is 0 Å². The van der Waals surface area contributed by atoms with Crippen molar-refractivity contribution in [3.8, 4) is 56.4 Å². The number of allylic oxidation sites excluding steroid dienone is 4. The van der Waals surface area contributed by atoms with Crippen LogP contribution in [0.5, 0.6) is 0 Å². The van der Waals surface area contributed by atoms with Crippen LogP contribution in [0, 0.1) is 0 Å². The second-order valence-electron chi connectivity index (χ2n) is 18.0. The summed E-state index contributed by atoms with van der Waals surface area (Å²) in [6, 6.07) is 66.2. The molecule has 0 amide bonds. The molecule has 308 valence electrons. The van der Waals surface area contributed by atoms with Gasteiger partial charge in [0.05, 0.1) is 22.1 Å². The zero-order valence-corrected chi connectivity index (χ0v) is 36.2. The zero-order valence-electron chi connectivity index (χ0n) is 36.2. The molecule has 5 nitrogen and oxygen atoms in total. The van der Waals surface area contributed by atoms with E-state index in [1.165, 1.54) is 65.9 Å². The molecule has 0 aliphatic heterocycles. The van der Waals surface area contributed by atoms with Gasteiger partial charge < -0.3 is 9.13 Å². The number of hydrogen-bond acceptors (Lipinski definition) is 3. The highest BCUT2D eigenvalue weighted by Gasteiger charge is 2.36. The molecule has 0 saturated heterocycles. The van der Waals surface area contributed by atoms with Crippen molar-refractivity contribution < 1.29 is 0 Å². The Morgan fingerprint density at radius 3 is 1.82 bits per heavy atom. The fourth-order valence-corrected chi connectivity index (χ4v) is 10.6. The molecule has 3 heterocycles. The third-order valence-electron chi connectivity index (χ3n) is 13.9. The van der Waals surface area contributed by atoms with Crippen LogP contribution in [0.4, 0.5) is 0 Å². The summed E-state index contributed by atoms with van der Waals surface area (Å²) in [7, 11) is 0. The molecular formula is C60H43N5. The van der Waals surface area contributed by atoms with Crippen molar-refractivity contribution in [1.29, 1.82) is 0 Å². The Bertz CT molecular complexity index is 3770. The molecule has 2 aliphatic carbocycles. The lowest BCUT2D eigenvalue weighted by molar-refractivity contribution is 0.661. The summed E-state index contributed by atoms with van der Waals surface area (Å²) in [5.41, 5.74) is 16.3. The van der Waals surface area contributed by atoms with E-state index in [9.17, 15) is 0 Å². The van der Waals surface area contributed by atoms with Crippen molar-refractivity contribution in [1.82, 2.24) is 24.1 Å². The van der Waals surface area contributed by atoms with E-state index in [1.54, 1.807) is 0 Å². The Morgan fingerprint density at radius 2 is 1.05 bits per heavy atom. The molecular weight excluding hydrogens is 791 g/mol. The van der Waals surface area contributed by atoms with E-state index >= 15 is 0 Å². The Hall–Kier alpha value is -8.15. The second kappa shape index (κ2) is 14.4. The topological polar surface area (TPSA) is 48.5 Å². The smallest absolute Gasteiger partial charge is 0.163 e. The summed E-state index contributed by atoms with van der Waals surface area (Å²) in [4.78, 5) is 15.4. The van der Waals surface area contributed by atoms with Crippen LogP contribution in [0.3, 0.4) is 0 Å². The zero-order chi connectivity index (χ0) is 43.2. The maximum atomic E-state index is 5.19. The highest BCUT2D eigenvalue weighted by atomic mass is 15.0. The second-order valence-corrected chi connectivity index (χ2v) is 18.0. The van der Waals surface area contributed by atoms with Gasteiger partial charge in [0.1, 0.15) is 5.82 Å². The van der Waals surface area contributed by atoms with E-state index in [1.807, 2.05) is 18.2 Å². The third-order valence-corrected chi connectivity index (χ3v) is 13.9. The Labute approximate surface area is 377 Å². The third kappa shape index (κ3) is 5.89. The van der Waals surface area contributed by atoms with E-state index < -0.39 is 0 Å². The van der Waals surface area contributed by atoms with Crippen molar-refractivity contribution in [2.75, 3.05) is 0 Å². The first kappa shape index (κ1) is 37.4. The van der Waals surface area contributed by atoms with Gasteiger partial charge in [-0.15, -0.1) is 0 Å². The van der Waals surface area contributed by atoms with E-state index in [-0.39, 0.29) is 11.3 Å². The molecule has 8 aromatic carbocycles. The van der Waals surface area contributed by atoms with Crippen LogP contribution < -0.4 is 0 Å². The average molecular weight is 834 g/mol. The number of rotatable bonds is 6. The van der Waals surface area contributed by atoms with Crippen LogP contribution in [0.2, 0.25) is 0 Å². The van der Waals surface area contributed by atoms with Crippen molar-refractivity contribution in [3.05, 3.63) is 223 Å². The van der Waals surface area contributed by atoms with Crippen molar-refractivity contribution >= 4 is 43.6 Å². The standard InChI is InChI=1S/C60H43N5/c1-60(2)51-27-14-12-25-45(51)49-36-50-48-32-30-41(40-29-31-47-46-26-13-15-28-53(46)64(54(47)34-40)43-22-10-5-11-23-43)35-55(48)65(56(50)37-52(49)60)44-24-16-21-42(33-44)59-62-57(38-17-6-3-7-18-38)61-58(63-59)39-19-8-4-9-20-39/h3-19,21-37,39H,20H2,1-2H3. The maximum Gasteiger partial charge on any atom is 0.163 e. The van der Waals surface area contributed by atoms with E-state index in [0.717, 1.165) is 45.8 Å². The molecule has 0 bridgehead atoms. The molecule has 3 aromatic heterocycles. The molecule has 0 fully saturated rings. The minimum atomic E-state index is -0.154. The van der Waals surface area contributed by atoms with Crippen molar-refractivity contribution in [2.45, 2.75) is 31.6 Å². The minimum absolute atomic E-state index is 0.0749. The van der Waals surface area contributed by atoms with Gasteiger partial charge in [0.15, 0.2) is 11.6 Å². The van der Waals surface area contributed by atoms with Crippen LogP contribution in [-0.2, 0) is 5.41 Å². The van der Waals surface area contributed by atoms with Crippen LogP contribution in [0.1, 0.15) is 43.1 Å². The van der Waals surface area contributed by atoms with Gasteiger partial charge in [-0.3, -0.25) is 0 Å². The van der Waals surface area contributed by atoms with Crippen LogP contribution in [0.25, 0.3) is 100 Å². The summed E-state index contributed by atoms with van der Waals surface area (Å²) < 4.78 is 4.86. The molecule has 0 N–H and O–H groups in total. The number of para-hydroxylation sites is 2. The fourth-order valence-electron chi connectivity index (χ4n) is 10.6. The molecule has 65 heavy (non-hydrogen) atoms. The molecule has 0 spiro atoms. The molecule has 11 aromatic rings. The van der Waals surface area contributed by atoms with Gasteiger partial charge in [0.25, 0.3) is 0 Å². The lowest BCUT2D eigenvalue weighted by Crippen LogP contribution is -2.15. The molecule has 1 unspecified atom stereocenters. The number of nitrogens with zero attached hydrogens (tertiary/aromatic N) is 5. The molecule has 5 heteroatoms. The summed E-state index contributed by atoms with van der Waals surface area (Å²) >= 11 is 0. The van der Waals surface area contributed by atoms with Gasteiger partial charge in [-0.25, -0.2) is 15.0 Å². The van der Waals surface area contributed by atoms with E-state index in [2.05, 4.69) is 211 Å². The maximum absolute atomic E-state index is 5.19. The monoisotopic (exact) mass is 833 g/mol. The Balaban J connectivity index is 1.03. The minimum Gasteiger partial charge on any atom is -0.309 e. The SMILES string of the molecule is CC1(C)c2ccccc2-c2cc3c4ccc(-c5ccc6c7ccccc7n(-c7ccccc7)c6c5)cc4n(-c4cccc(-c5nc(-c6ccccc6)nc(C6C=CC=CC6)n5)c4)c3cc21. The molecule has 0 saturated carbocycles. The average Bonchev–Trinajstić information content (AvgIpc) is 3.95. The Kier molecular flexibility index (Phi) is 8.31. The lowest BCUT2D eigenvalue weighted by atomic mass is 9.82. The Morgan fingerprint density at radius 1 is 0.431 bits per heavy atom. The summed E-state index contributed by atoms with van der Waals surface area (Å²) in [6.07, 6.45) is 9.41. The summed E-state index contributed by atoms with van der Waals surface area (Å²) in [6.45, 7) is 4.72. The lowest BCUT2D eigenvalue weighted by Gasteiger charge is -2.21. The summed E-state index contributed by atoms with van der Waals surface area (Å²) in [5.74, 6) is 2.20. The normalized spacial score (nSPS) is 15.0. The van der Waals surface area contributed by atoms with Crippen molar-refractivity contribution in [2.24, 2.45) is 0 Å². The first-order chi connectivity index (χ1) is 32.0. The number of aromatic nitrogens is 5. The molecule has 13 rings (SSSR count). The summed E-state index contributed by atoms with van der Waals surface area (Å²) in [5, 5.41) is 4.93. The predicted molar refractivity (Wildman–Crippen MR) is 268 cm³/mol. The first-order valence-electron chi connectivity index (χ1n) is 22.5. The van der Waals surface area contributed by atoms with Crippen LogP contribution in [0.15, 0.2) is 206 Å². The van der Waals surface area contributed by atoms with Gasteiger partial charge in [-0.05, 0) is 94.4 Å². The highest BCUT2D eigenvalue weighted by molar-refractivity contribution is 6.13. The number of fused-ring (bicyclic) bond motifs is 9. The number of hydrogen-bond donors (Lipinski definition) is 0. The van der Waals surface area contributed by atoms with Crippen LogP contribution >= 0.6 is 0 Å². The van der Waals surface area contributed by atoms with Gasteiger partial charge >= 0.3 is 0 Å². The quantitative estimate of drug-likeness (QED) is 0.168. The highest BCUT2D eigenvalue weighted by Crippen LogP contribution is 2.51. The molecule has 0 radical (unpaired) electrons. The van der Waals surface area contributed by atoms with Gasteiger partial charge in [0, 0.05) is 55.4 Å². The van der Waals surface area contributed by atoms with E-state index in [0.29, 0.717) is 11.6 Å². The van der Waals surface area contributed by atoms with Crippen molar-refractivity contribution in [3.63, 3.8) is 0 Å². The predicted octanol–water partition coefficient (Wildman–Crippen LogP) is 15.0. The molecule has 1 atom stereocenters. The van der Waals surface area contributed by atoms with Crippen LogP contribution in [-0.4, -0.2) is 24.1 Å². The van der Waals surface area contributed by atoms with Gasteiger partial charge in [-0.1, -0.05) is 166 Å². The first-order valence-corrected chi connectivity index (χ1v) is 22.5. The number of benzene rings is 8. The van der Waals surface area contributed by atoms with Gasteiger partial charge in [0.2, 0.25) is 0 Å². The van der Waals surface area contributed by atoms with E-state index in [4.69, 9.17) is 15.0 Å². The fraction of sp³-hybridized carbons (Fsp3) is 0.0833. The largest absolute Gasteiger partial charge is 0.309 e.